The summed E-state index contributed by atoms with van der Waals surface area (Å²) in [5.74, 6) is -0.484. The minimum Gasteiger partial charge on any atom is -0.368 e. The van der Waals surface area contributed by atoms with Gasteiger partial charge in [-0.25, -0.2) is 4.39 Å². The van der Waals surface area contributed by atoms with E-state index in [9.17, 15) is 14.0 Å². The molecule has 1 unspecified atom stereocenters. The van der Waals surface area contributed by atoms with Crippen molar-refractivity contribution in [2.24, 2.45) is 0 Å². The SMILES string of the molecule is O=C(NC1CCN(C(=O)C2CCCO2)CC1)c1ccc(F)cc1. The first-order valence-corrected chi connectivity index (χ1v) is 8.10. The molecule has 0 bridgehead atoms. The summed E-state index contributed by atoms with van der Waals surface area (Å²) in [5.41, 5.74) is 0.448. The van der Waals surface area contributed by atoms with Crippen LogP contribution in [0.2, 0.25) is 0 Å². The van der Waals surface area contributed by atoms with E-state index >= 15 is 0 Å². The fourth-order valence-corrected chi connectivity index (χ4v) is 3.09. The average molecular weight is 320 g/mol. The van der Waals surface area contributed by atoms with Crippen LogP contribution in [0.15, 0.2) is 24.3 Å². The summed E-state index contributed by atoms with van der Waals surface area (Å²) in [4.78, 5) is 26.2. The van der Waals surface area contributed by atoms with Gasteiger partial charge in [0, 0.05) is 31.3 Å². The van der Waals surface area contributed by atoms with Crippen LogP contribution in [0.25, 0.3) is 0 Å². The molecule has 1 aromatic carbocycles. The Hall–Kier alpha value is -1.95. The highest BCUT2D eigenvalue weighted by atomic mass is 19.1. The molecular formula is C17H21FN2O3. The molecule has 124 valence electrons. The lowest BCUT2D eigenvalue weighted by atomic mass is 10.0. The number of likely N-dealkylation sites (tertiary alicyclic amines) is 1. The molecule has 0 aliphatic carbocycles. The molecule has 2 heterocycles. The zero-order valence-electron chi connectivity index (χ0n) is 13.0. The molecule has 0 aromatic heterocycles. The number of hydrogen-bond acceptors (Lipinski definition) is 3. The maximum absolute atomic E-state index is 12.9. The largest absolute Gasteiger partial charge is 0.368 e. The van der Waals surface area contributed by atoms with Gasteiger partial charge in [0.2, 0.25) is 0 Å². The van der Waals surface area contributed by atoms with E-state index in [2.05, 4.69) is 5.32 Å². The third kappa shape index (κ3) is 3.88. The van der Waals surface area contributed by atoms with Gasteiger partial charge in [-0.3, -0.25) is 9.59 Å². The van der Waals surface area contributed by atoms with Crippen LogP contribution in [0, 0.1) is 5.82 Å². The van der Waals surface area contributed by atoms with Gasteiger partial charge in [-0.15, -0.1) is 0 Å². The first kappa shape index (κ1) is 15.9. The Bertz CT molecular complexity index is 562. The molecule has 3 rings (SSSR count). The monoisotopic (exact) mass is 320 g/mol. The van der Waals surface area contributed by atoms with E-state index in [0.29, 0.717) is 25.3 Å². The zero-order chi connectivity index (χ0) is 16.2. The van der Waals surface area contributed by atoms with Crippen LogP contribution in [-0.4, -0.2) is 48.6 Å². The smallest absolute Gasteiger partial charge is 0.251 e. The van der Waals surface area contributed by atoms with Gasteiger partial charge in [-0.1, -0.05) is 0 Å². The molecule has 23 heavy (non-hydrogen) atoms. The van der Waals surface area contributed by atoms with Crippen LogP contribution in [0.3, 0.4) is 0 Å². The molecule has 5 nitrogen and oxygen atoms in total. The fourth-order valence-electron chi connectivity index (χ4n) is 3.09. The molecule has 1 atom stereocenters. The summed E-state index contributed by atoms with van der Waals surface area (Å²) >= 11 is 0. The molecule has 6 heteroatoms. The number of benzene rings is 1. The number of hydrogen-bond donors (Lipinski definition) is 1. The van der Waals surface area contributed by atoms with Crippen LogP contribution >= 0.6 is 0 Å². The quantitative estimate of drug-likeness (QED) is 0.923. The van der Waals surface area contributed by atoms with E-state index < -0.39 is 0 Å². The van der Waals surface area contributed by atoms with Crippen LogP contribution in [0.4, 0.5) is 4.39 Å². The highest BCUT2D eigenvalue weighted by Gasteiger charge is 2.31. The normalized spacial score (nSPS) is 22.1. The first-order valence-electron chi connectivity index (χ1n) is 8.10. The summed E-state index contributed by atoms with van der Waals surface area (Å²) in [7, 11) is 0. The lowest BCUT2D eigenvalue weighted by Crippen LogP contribution is -2.49. The Labute approximate surface area is 134 Å². The fraction of sp³-hybridized carbons (Fsp3) is 0.529. The Kier molecular flexibility index (Phi) is 4.91. The maximum Gasteiger partial charge on any atom is 0.251 e. The molecule has 1 aromatic rings. The third-order valence-electron chi connectivity index (χ3n) is 4.45. The van der Waals surface area contributed by atoms with Crippen molar-refractivity contribution in [3.63, 3.8) is 0 Å². The van der Waals surface area contributed by atoms with E-state index in [1.54, 1.807) is 0 Å². The van der Waals surface area contributed by atoms with Crippen molar-refractivity contribution in [1.82, 2.24) is 10.2 Å². The number of piperidine rings is 1. The number of nitrogens with zero attached hydrogens (tertiary/aromatic N) is 1. The number of halogens is 1. The van der Waals surface area contributed by atoms with Gasteiger partial charge in [0.25, 0.3) is 11.8 Å². The second-order valence-electron chi connectivity index (χ2n) is 6.08. The lowest BCUT2D eigenvalue weighted by Gasteiger charge is -2.33. The summed E-state index contributed by atoms with van der Waals surface area (Å²) in [5, 5.41) is 2.95. The number of rotatable bonds is 3. The summed E-state index contributed by atoms with van der Waals surface area (Å²) in [6.07, 6.45) is 2.93. The van der Waals surface area contributed by atoms with Crippen molar-refractivity contribution in [2.45, 2.75) is 37.8 Å². The van der Waals surface area contributed by atoms with E-state index in [1.165, 1.54) is 24.3 Å². The first-order chi connectivity index (χ1) is 11.1. The van der Waals surface area contributed by atoms with Crippen LogP contribution in [0.1, 0.15) is 36.0 Å². The standard InChI is InChI=1S/C17H21FN2O3/c18-13-5-3-12(4-6-13)16(21)19-14-7-9-20(10-8-14)17(22)15-2-1-11-23-15/h3-6,14-15H,1-2,7-11H2,(H,19,21). The lowest BCUT2D eigenvalue weighted by molar-refractivity contribution is -0.142. The minimum atomic E-state index is -0.359. The molecule has 0 saturated carbocycles. The Morgan fingerprint density at radius 2 is 1.83 bits per heavy atom. The molecule has 2 fully saturated rings. The maximum atomic E-state index is 12.9. The highest BCUT2D eigenvalue weighted by Crippen LogP contribution is 2.18. The van der Waals surface area contributed by atoms with Crippen molar-refractivity contribution < 1.29 is 18.7 Å². The number of amides is 2. The van der Waals surface area contributed by atoms with Crippen LogP contribution in [0.5, 0.6) is 0 Å². The van der Waals surface area contributed by atoms with Crippen molar-refractivity contribution in [2.75, 3.05) is 19.7 Å². The number of nitrogens with one attached hydrogen (secondary N) is 1. The minimum absolute atomic E-state index is 0.0427. The molecule has 0 spiro atoms. The van der Waals surface area contributed by atoms with E-state index in [1.807, 2.05) is 4.90 Å². The van der Waals surface area contributed by atoms with Crippen LogP contribution in [-0.2, 0) is 9.53 Å². The summed E-state index contributed by atoms with van der Waals surface area (Å²) in [6.45, 7) is 1.93. The third-order valence-corrected chi connectivity index (χ3v) is 4.45. The predicted octanol–water partition coefficient (Wildman–Crippen LogP) is 1.73. The highest BCUT2D eigenvalue weighted by molar-refractivity contribution is 5.94. The van der Waals surface area contributed by atoms with Gasteiger partial charge >= 0.3 is 0 Å². The molecule has 2 amide bonds. The van der Waals surface area contributed by atoms with Crippen molar-refractivity contribution in [3.8, 4) is 0 Å². The average Bonchev–Trinajstić information content (AvgIpc) is 3.10. The van der Waals surface area contributed by atoms with Crippen LogP contribution < -0.4 is 5.32 Å². The molecule has 2 aliphatic rings. The van der Waals surface area contributed by atoms with Crippen molar-refractivity contribution >= 4 is 11.8 Å². The topological polar surface area (TPSA) is 58.6 Å². The molecule has 2 aliphatic heterocycles. The van der Waals surface area contributed by atoms with E-state index in [4.69, 9.17) is 4.74 Å². The van der Waals surface area contributed by atoms with Gasteiger partial charge in [-0.2, -0.15) is 0 Å². The van der Waals surface area contributed by atoms with Crippen molar-refractivity contribution in [1.29, 1.82) is 0 Å². The predicted molar refractivity (Wildman–Crippen MR) is 82.4 cm³/mol. The Morgan fingerprint density at radius 3 is 2.43 bits per heavy atom. The second-order valence-corrected chi connectivity index (χ2v) is 6.08. The van der Waals surface area contributed by atoms with E-state index in [-0.39, 0.29) is 29.8 Å². The van der Waals surface area contributed by atoms with Gasteiger partial charge in [0.15, 0.2) is 0 Å². The molecular weight excluding hydrogens is 299 g/mol. The zero-order valence-corrected chi connectivity index (χ0v) is 13.0. The molecule has 2 saturated heterocycles. The molecule has 1 N–H and O–H groups in total. The van der Waals surface area contributed by atoms with Gasteiger partial charge in [0.1, 0.15) is 11.9 Å². The molecule has 0 radical (unpaired) electrons. The number of carbonyl (C=O) groups is 2. The van der Waals surface area contributed by atoms with E-state index in [0.717, 1.165) is 25.7 Å². The number of ether oxygens (including phenoxy) is 1. The Balaban J connectivity index is 1.48. The van der Waals surface area contributed by atoms with Crippen molar-refractivity contribution in [3.05, 3.63) is 35.6 Å². The summed E-state index contributed by atoms with van der Waals surface area (Å²) in [6, 6.07) is 5.54. The van der Waals surface area contributed by atoms with Gasteiger partial charge in [0.05, 0.1) is 0 Å². The second kappa shape index (κ2) is 7.08. The Morgan fingerprint density at radius 1 is 1.13 bits per heavy atom. The van der Waals surface area contributed by atoms with Gasteiger partial charge in [-0.05, 0) is 49.9 Å². The van der Waals surface area contributed by atoms with Gasteiger partial charge < -0.3 is 15.0 Å². The summed E-state index contributed by atoms with van der Waals surface area (Å²) < 4.78 is 18.3. The number of carbonyl (C=O) groups excluding carboxylic acids is 2.